The number of benzene rings is 1. The summed E-state index contributed by atoms with van der Waals surface area (Å²) in [5.41, 5.74) is 1.99. The Hall–Kier alpha value is -2.80. The minimum Gasteiger partial charge on any atom is -0.497 e. The number of aromatic nitrogens is 4. The molecule has 3 aromatic rings. The lowest BCUT2D eigenvalue weighted by Crippen LogP contribution is -2.00. The monoisotopic (exact) mass is 325 g/mol. The molecule has 0 saturated carbocycles. The highest BCUT2D eigenvalue weighted by molar-refractivity contribution is 7.71. The lowest BCUT2D eigenvalue weighted by Gasteiger charge is -2.03. The topological polar surface area (TPSA) is 68.1 Å². The largest absolute Gasteiger partial charge is 0.497 e. The molecule has 1 aromatic carbocycles. The standard InChI is InChI=1S/C16H15N5OS/c1-22-14-6-4-12(5-7-14)9-15-19-20-16(23)21(15)18-11-13-3-2-8-17-10-13/h2-8,10-11H,9H2,1H3,(H,20,23)/b18-11-. The second-order valence-corrected chi connectivity index (χ2v) is 5.20. The predicted octanol–water partition coefficient (Wildman–Crippen LogP) is 2.82. The number of H-pyrrole nitrogens is 1. The number of aromatic amines is 1. The summed E-state index contributed by atoms with van der Waals surface area (Å²) >= 11 is 5.24. The van der Waals surface area contributed by atoms with Gasteiger partial charge in [0.1, 0.15) is 5.75 Å². The van der Waals surface area contributed by atoms with Gasteiger partial charge in [-0.25, -0.2) is 0 Å². The predicted molar refractivity (Wildman–Crippen MR) is 90.4 cm³/mol. The van der Waals surface area contributed by atoms with Crippen LogP contribution in [0.5, 0.6) is 5.75 Å². The average Bonchev–Trinajstić information content (AvgIpc) is 2.94. The zero-order valence-electron chi connectivity index (χ0n) is 12.5. The molecule has 0 saturated heterocycles. The summed E-state index contributed by atoms with van der Waals surface area (Å²) in [5.74, 6) is 1.56. The molecule has 0 bridgehead atoms. The van der Waals surface area contributed by atoms with Crippen molar-refractivity contribution >= 4 is 18.4 Å². The third-order valence-electron chi connectivity index (χ3n) is 3.25. The van der Waals surface area contributed by atoms with Crippen molar-refractivity contribution in [3.8, 4) is 5.75 Å². The molecule has 2 heterocycles. The molecule has 7 heteroatoms. The molecule has 0 aliphatic carbocycles. The molecule has 0 atom stereocenters. The van der Waals surface area contributed by atoms with E-state index in [-0.39, 0.29) is 0 Å². The maximum Gasteiger partial charge on any atom is 0.216 e. The molecule has 3 rings (SSSR count). The number of hydrogen-bond acceptors (Lipinski definition) is 5. The van der Waals surface area contributed by atoms with E-state index in [2.05, 4.69) is 20.3 Å². The Morgan fingerprint density at radius 3 is 2.83 bits per heavy atom. The molecule has 0 radical (unpaired) electrons. The van der Waals surface area contributed by atoms with E-state index in [9.17, 15) is 0 Å². The first-order valence-electron chi connectivity index (χ1n) is 7.00. The van der Waals surface area contributed by atoms with Gasteiger partial charge in [0.25, 0.3) is 0 Å². The second-order valence-electron chi connectivity index (χ2n) is 4.81. The van der Waals surface area contributed by atoms with Gasteiger partial charge in [-0.1, -0.05) is 18.2 Å². The fourth-order valence-electron chi connectivity index (χ4n) is 2.06. The highest BCUT2D eigenvalue weighted by atomic mass is 32.1. The van der Waals surface area contributed by atoms with E-state index in [1.807, 2.05) is 36.4 Å². The SMILES string of the molecule is COc1ccc(Cc2n[nH]c(=S)n2/N=C\c2cccnc2)cc1. The van der Waals surface area contributed by atoms with E-state index in [0.717, 1.165) is 22.7 Å². The number of methoxy groups -OCH3 is 1. The van der Waals surface area contributed by atoms with Crippen molar-refractivity contribution in [2.45, 2.75) is 6.42 Å². The van der Waals surface area contributed by atoms with Crippen LogP contribution in [0, 0.1) is 4.77 Å². The fourth-order valence-corrected chi connectivity index (χ4v) is 2.26. The van der Waals surface area contributed by atoms with Crippen molar-refractivity contribution in [3.63, 3.8) is 0 Å². The van der Waals surface area contributed by atoms with Crippen LogP contribution in [0.3, 0.4) is 0 Å². The zero-order chi connectivity index (χ0) is 16.1. The lowest BCUT2D eigenvalue weighted by atomic mass is 10.1. The number of rotatable bonds is 5. The van der Waals surface area contributed by atoms with E-state index in [4.69, 9.17) is 17.0 Å². The molecular weight excluding hydrogens is 310 g/mol. The lowest BCUT2D eigenvalue weighted by molar-refractivity contribution is 0.414. The van der Waals surface area contributed by atoms with Crippen LogP contribution in [0.2, 0.25) is 0 Å². The van der Waals surface area contributed by atoms with Crippen molar-refractivity contribution in [2.24, 2.45) is 5.10 Å². The summed E-state index contributed by atoms with van der Waals surface area (Å²) < 4.78 is 7.23. The van der Waals surface area contributed by atoms with Gasteiger partial charge in [0.15, 0.2) is 5.82 Å². The van der Waals surface area contributed by atoms with E-state index in [1.165, 1.54) is 0 Å². The molecule has 2 aromatic heterocycles. The third kappa shape index (κ3) is 3.70. The number of nitrogens with one attached hydrogen (secondary N) is 1. The highest BCUT2D eigenvalue weighted by Crippen LogP contribution is 2.14. The van der Waals surface area contributed by atoms with Crippen molar-refractivity contribution in [1.29, 1.82) is 0 Å². The van der Waals surface area contributed by atoms with Crippen LogP contribution in [0.4, 0.5) is 0 Å². The van der Waals surface area contributed by atoms with Gasteiger partial charge in [0, 0.05) is 24.4 Å². The molecule has 116 valence electrons. The maximum atomic E-state index is 5.24. The Kier molecular flexibility index (Phi) is 4.58. The summed E-state index contributed by atoms with van der Waals surface area (Å²) in [4.78, 5) is 4.05. The quantitative estimate of drug-likeness (QED) is 0.578. The summed E-state index contributed by atoms with van der Waals surface area (Å²) in [6.45, 7) is 0. The molecular formula is C16H15N5OS. The van der Waals surface area contributed by atoms with Gasteiger partial charge in [-0.05, 0) is 36.0 Å². The van der Waals surface area contributed by atoms with Crippen LogP contribution < -0.4 is 4.74 Å². The smallest absolute Gasteiger partial charge is 0.216 e. The van der Waals surface area contributed by atoms with Gasteiger partial charge in [0.2, 0.25) is 4.77 Å². The third-order valence-corrected chi connectivity index (χ3v) is 3.51. The Morgan fingerprint density at radius 2 is 2.13 bits per heavy atom. The summed E-state index contributed by atoms with van der Waals surface area (Å²) in [6, 6.07) is 11.6. The van der Waals surface area contributed by atoms with Gasteiger partial charge >= 0.3 is 0 Å². The Bertz CT molecular complexity index is 852. The first-order chi connectivity index (χ1) is 11.3. The molecule has 0 aliphatic heterocycles. The average molecular weight is 325 g/mol. The van der Waals surface area contributed by atoms with Gasteiger partial charge in [-0.3, -0.25) is 10.1 Å². The summed E-state index contributed by atoms with van der Waals surface area (Å²) in [6.07, 6.45) is 5.77. The number of nitrogens with zero attached hydrogens (tertiary/aromatic N) is 4. The molecule has 0 amide bonds. The maximum absolute atomic E-state index is 5.24. The highest BCUT2D eigenvalue weighted by Gasteiger charge is 2.06. The van der Waals surface area contributed by atoms with Crippen molar-refractivity contribution in [3.05, 3.63) is 70.5 Å². The molecule has 23 heavy (non-hydrogen) atoms. The fraction of sp³-hybridized carbons (Fsp3) is 0.125. The second kappa shape index (κ2) is 6.97. The molecule has 0 fully saturated rings. The van der Waals surface area contributed by atoms with Crippen molar-refractivity contribution < 1.29 is 4.74 Å². The van der Waals surface area contributed by atoms with Gasteiger partial charge in [-0.15, -0.1) is 0 Å². The number of hydrogen-bond donors (Lipinski definition) is 1. The molecule has 0 spiro atoms. The molecule has 0 aliphatic rings. The van der Waals surface area contributed by atoms with E-state index in [1.54, 1.807) is 30.4 Å². The Morgan fingerprint density at radius 1 is 1.30 bits per heavy atom. The number of ether oxygens (including phenoxy) is 1. The Balaban J connectivity index is 1.83. The van der Waals surface area contributed by atoms with Crippen LogP contribution >= 0.6 is 12.2 Å². The Labute approximate surface area is 138 Å². The normalized spacial score (nSPS) is 11.0. The van der Waals surface area contributed by atoms with Crippen molar-refractivity contribution in [2.75, 3.05) is 7.11 Å². The summed E-state index contributed by atoms with van der Waals surface area (Å²) in [7, 11) is 1.65. The van der Waals surface area contributed by atoms with E-state index >= 15 is 0 Å². The first kappa shape index (κ1) is 15.1. The van der Waals surface area contributed by atoms with Crippen molar-refractivity contribution in [1.82, 2.24) is 19.9 Å². The first-order valence-corrected chi connectivity index (χ1v) is 7.40. The zero-order valence-corrected chi connectivity index (χ0v) is 13.3. The summed E-state index contributed by atoms with van der Waals surface area (Å²) in [5, 5.41) is 11.4. The van der Waals surface area contributed by atoms with Crippen LogP contribution in [0.15, 0.2) is 53.9 Å². The molecule has 0 unspecified atom stereocenters. The van der Waals surface area contributed by atoms with Gasteiger partial charge in [-0.2, -0.15) is 14.9 Å². The molecule has 1 N–H and O–H groups in total. The van der Waals surface area contributed by atoms with Gasteiger partial charge < -0.3 is 4.74 Å². The van der Waals surface area contributed by atoms with Gasteiger partial charge in [0.05, 0.1) is 13.3 Å². The van der Waals surface area contributed by atoms with Crippen LogP contribution in [-0.4, -0.2) is 33.2 Å². The minimum atomic E-state index is 0.452. The van der Waals surface area contributed by atoms with Crippen LogP contribution in [0.25, 0.3) is 0 Å². The minimum absolute atomic E-state index is 0.452. The van der Waals surface area contributed by atoms with Crippen LogP contribution in [-0.2, 0) is 6.42 Å². The van der Waals surface area contributed by atoms with E-state index in [0.29, 0.717) is 11.2 Å². The number of pyridine rings is 1. The van der Waals surface area contributed by atoms with Crippen LogP contribution in [0.1, 0.15) is 17.0 Å². The molecule has 6 nitrogen and oxygen atoms in total. The van der Waals surface area contributed by atoms with E-state index < -0.39 is 0 Å².